The Kier molecular flexibility index (Phi) is 3.15. The Morgan fingerprint density at radius 3 is 2.20 bits per heavy atom. The molecular formula is C9H15N. The van der Waals surface area contributed by atoms with Gasteiger partial charge in [-0.1, -0.05) is 33.8 Å². The molecule has 1 heteroatoms. The number of nitriles is 1. The van der Waals surface area contributed by atoms with Crippen molar-refractivity contribution >= 4 is 0 Å². The van der Waals surface area contributed by atoms with Crippen LogP contribution >= 0.6 is 0 Å². The van der Waals surface area contributed by atoms with Crippen molar-refractivity contribution in [1.82, 2.24) is 0 Å². The van der Waals surface area contributed by atoms with E-state index in [1.165, 1.54) is 0 Å². The minimum absolute atomic E-state index is 0.271. The molecule has 0 bridgehead atoms. The van der Waals surface area contributed by atoms with Gasteiger partial charge in [-0.2, -0.15) is 5.26 Å². The van der Waals surface area contributed by atoms with Crippen molar-refractivity contribution in [3.05, 3.63) is 12.2 Å². The molecule has 0 aliphatic heterocycles. The van der Waals surface area contributed by atoms with Gasteiger partial charge in [-0.25, -0.2) is 0 Å². The molecule has 56 valence electrons. The first-order valence-corrected chi connectivity index (χ1v) is 3.54. The van der Waals surface area contributed by atoms with E-state index in [2.05, 4.69) is 27.7 Å². The van der Waals surface area contributed by atoms with E-state index >= 15 is 0 Å². The van der Waals surface area contributed by atoms with Gasteiger partial charge in [0.15, 0.2) is 0 Å². The van der Waals surface area contributed by atoms with E-state index in [0.717, 1.165) is 0 Å². The SMILES string of the molecule is C[C@@H](/C=C/C#N)C(C)(C)C. The predicted octanol–water partition coefficient (Wildman–Crippen LogP) is 2.75. The topological polar surface area (TPSA) is 23.8 Å². The first-order valence-electron chi connectivity index (χ1n) is 3.54. The number of hydrogen-bond acceptors (Lipinski definition) is 1. The highest BCUT2D eigenvalue weighted by Gasteiger charge is 2.16. The van der Waals surface area contributed by atoms with E-state index in [0.29, 0.717) is 5.92 Å². The predicted molar refractivity (Wildman–Crippen MR) is 43.4 cm³/mol. The number of rotatable bonds is 1. The Bertz CT molecular complexity index is 155. The zero-order valence-corrected chi connectivity index (χ0v) is 7.18. The largest absolute Gasteiger partial charge is 0.193 e. The first kappa shape index (κ1) is 9.23. The van der Waals surface area contributed by atoms with Crippen LogP contribution in [0.15, 0.2) is 12.2 Å². The number of hydrogen-bond donors (Lipinski definition) is 0. The van der Waals surface area contributed by atoms with Crippen LogP contribution in [-0.4, -0.2) is 0 Å². The standard InChI is InChI=1S/C9H15N/c1-8(6-5-7-10)9(2,3)4/h5-6,8H,1-4H3/b6-5+/t8-/m0/s1. The van der Waals surface area contributed by atoms with Crippen molar-refractivity contribution in [3.63, 3.8) is 0 Å². The molecule has 0 amide bonds. The van der Waals surface area contributed by atoms with Gasteiger partial charge >= 0.3 is 0 Å². The Morgan fingerprint density at radius 1 is 1.40 bits per heavy atom. The Hall–Kier alpha value is -0.770. The molecule has 0 saturated carbocycles. The summed E-state index contributed by atoms with van der Waals surface area (Å²) in [5.74, 6) is 0.465. The summed E-state index contributed by atoms with van der Waals surface area (Å²) < 4.78 is 0. The van der Waals surface area contributed by atoms with Gasteiger partial charge < -0.3 is 0 Å². The van der Waals surface area contributed by atoms with Crippen LogP contribution in [0.3, 0.4) is 0 Å². The highest BCUT2D eigenvalue weighted by Crippen LogP contribution is 2.25. The second-order valence-corrected chi connectivity index (χ2v) is 3.64. The molecule has 0 aromatic carbocycles. The van der Waals surface area contributed by atoms with Crippen LogP contribution in [0.2, 0.25) is 0 Å². The molecule has 0 saturated heterocycles. The second-order valence-electron chi connectivity index (χ2n) is 3.64. The molecular weight excluding hydrogens is 122 g/mol. The summed E-state index contributed by atoms with van der Waals surface area (Å²) in [4.78, 5) is 0. The van der Waals surface area contributed by atoms with E-state index in [1.807, 2.05) is 12.1 Å². The molecule has 1 nitrogen and oxygen atoms in total. The van der Waals surface area contributed by atoms with Gasteiger partial charge in [0.2, 0.25) is 0 Å². The third-order valence-electron chi connectivity index (χ3n) is 1.83. The molecule has 0 fully saturated rings. The van der Waals surface area contributed by atoms with Crippen molar-refractivity contribution in [1.29, 1.82) is 5.26 Å². The maximum Gasteiger partial charge on any atom is 0.0908 e. The van der Waals surface area contributed by atoms with E-state index in [9.17, 15) is 0 Å². The molecule has 0 heterocycles. The summed E-state index contributed by atoms with van der Waals surface area (Å²) in [5, 5.41) is 8.24. The Morgan fingerprint density at radius 2 is 1.90 bits per heavy atom. The lowest BCUT2D eigenvalue weighted by Gasteiger charge is -2.23. The first-order chi connectivity index (χ1) is 4.48. The van der Waals surface area contributed by atoms with Crippen molar-refractivity contribution < 1.29 is 0 Å². The monoisotopic (exact) mass is 137 g/mol. The summed E-state index contributed by atoms with van der Waals surface area (Å²) in [7, 11) is 0. The smallest absolute Gasteiger partial charge is 0.0908 e. The van der Waals surface area contributed by atoms with E-state index in [4.69, 9.17) is 5.26 Å². The van der Waals surface area contributed by atoms with Gasteiger partial charge in [-0.15, -0.1) is 0 Å². The highest BCUT2D eigenvalue weighted by molar-refractivity contribution is 5.04. The van der Waals surface area contributed by atoms with Crippen molar-refractivity contribution in [2.75, 3.05) is 0 Å². The molecule has 10 heavy (non-hydrogen) atoms. The fourth-order valence-corrected chi connectivity index (χ4v) is 0.476. The van der Waals surface area contributed by atoms with Gasteiger partial charge in [0, 0.05) is 6.08 Å². The molecule has 0 unspecified atom stereocenters. The minimum atomic E-state index is 0.271. The van der Waals surface area contributed by atoms with Crippen LogP contribution in [0, 0.1) is 22.7 Å². The molecule has 0 aromatic heterocycles. The van der Waals surface area contributed by atoms with Gasteiger partial charge in [-0.3, -0.25) is 0 Å². The van der Waals surface area contributed by atoms with Crippen LogP contribution in [0.4, 0.5) is 0 Å². The lowest BCUT2D eigenvalue weighted by molar-refractivity contribution is 0.314. The minimum Gasteiger partial charge on any atom is -0.193 e. The summed E-state index contributed by atoms with van der Waals surface area (Å²) in [6.45, 7) is 8.62. The Labute approximate surface area is 63.4 Å². The molecule has 0 aliphatic carbocycles. The third-order valence-corrected chi connectivity index (χ3v) is 1.83. The molecule has 0 aliphatic rings. The van der Waals surface area contributed by atoms with Crippen LogP contribution < -0.4 is 0 Å². The third kappa shape index (κ3) is 3.29. The molecule has 0 spiro atoms. The van der Waals surface area contributed by atoms with E-state index in [1.54, 1.807) is 6.08 Å². The highest BCUT2D eigenvalue weighted by atomic mass is 14.2. The summed E-state index contributed by atoms with van der Waals surface area (Å²) in [5.41, 5.74) is 0.271. The maximum absolute atomic E-state index is 8.24. The lowest BCUT2D eigenvalue weighted by atomic mass is 9.82. The average molecular weight is 137 g/mol. The summed E-state index contributed by atoms with van der Waals surface area (Å²) in [6.07, 6.45) is 3.50. The zero-order chi connectivity index (χ0) is 8.20. The quantitative estimate of drug-likeness (QED) is 0.510. The van der Waals surface area contributed by atoms with Gasteiger partial charge in [0.1, 0.15) is 0 Å². The molecule has 0 N–H and O–H groups in total. The summed E-state index contributed by atoms with van der Waals surface area (Å²) >= 11 is 0. The van der Waals surface area contributed by atoms with Crippen LogP contribution in [-0.2, 0) is 0 Å². The summed E-state index contributed by atoms with van der Waals surface area (Å²) in [6, 6.07) is 1.99. The fourth-order valence-electron chi connectivity index (χ4n) is 0.476. The van der Waals surface area contributed by atoms with E-state index < -0.39 is 0 Å². The molecule has 0 rings (SSSR count). The van der Waals surface area contributed by atoms with Crippen molar-refractivity contribution in [2.45, 2.75) is 27.7 Å². The average Bonchev–Trinajstić information content (AvgIpc) is 1.80. The second kappa shape index (κ2) is 3.41. The molecule has 1 atom stereocenters. The molecule has 0 aromatic rings. The van der Waals surface area contributed by atoms with Crippen LogP contribution in [0.25, 0.3) is 0 Å². The number of allylic oxidation sites excluding steroid dienone is 2. The lowest BCUT2D eigenvalue weighted by Crippen LogP contribution is -2.14. The molecule has 0 radical (unpaired) electrons. The normalized spacial score (nSPS) is 15.1. The van der Waals surface area contributed by atoms with Gasteiger partial charge in [0.05, 0.1) is 6.07 Å². The fraction of sp³-hybridized carbons (Fsp3) is 0.667. The van der Waals surface area contributed by atoms with Crippen molar-refractivity contribution in [2.24, 2.45) is 11.3 Å². The number of nitrogens with zero attached hydrogens (tertiary/aromatic N) is 1. The van der Waals surface area contributed by atoms with E-state index in [-0.39, 0.29) is 5.41 Å². The zero-order valence-electron chi connectivity index (χ0n) is 7.18. The maximum atomic E-state index is 8.24. The Balaban J connectivity index is 4.00. The van der Waals surface area contributed by atoms with Crippen molar-refractivity contribution in [3.8, 4) is 6.07 Å². The van der Waals surface area contributed by atoms with Crippen LogP contribution in [0.5, 0.6) is 0 Å². The van der Waals surface area contributed by atoms with Crippen LogP contribution in [0.1, 0.15) is 27.7 Å². The van der Waals surface area contributed by atoms with Gasteiger partial charge in [0.25, 0.3) is 0 Å². The van der Waals surface area contributed by atoms with Gasteiger partial charge in [-0.05, 0) is 11.3 Å².